The van der Waals surface area contributed by atoms with E-state index in [0.29, 0.717) is 0 Å². The summed E-state index contributed by atoms with van der Waals surface area (Å²) >= 11 is 3.40. The molecule has 24 heavy (non-hydrogen) atoms. The van der Waals surface area contributed by atoms with E-state index in [-0.39, 0.29) is 0 Å². The van der Waals surface area contributed by atoms with E-state index < -0.39 is 0 Å². The zero-order valence-electron chi connectivity index (χ0n) is 14.0. The van der Waals surface area contributed by atoms with Gasteiger partial charge in [-0.05, 0) is 37.6 Å². The smallest absolute Gasteiger partial charge is 0.191 e. The van der Waals surface area contributed by atoms with Crippen molar-refractivity contribution in [3.8, 4) is 17.1 Å². The molecule has 0 spiro atoms. The molecule has 0 bridgehead atoms. The van der Waals surface area contributed by atoms with E-state index in [1.807, 2.05) is 24.3 Å². The van der Waals surface area contributed by atoms with Crippen LogP contribution in [0.3, 0.4) is 0 Å². The van der Waals surface area contributed by atoms with Gasteiger partial charge in [-0.25, -0.2) is 4.98 Å². The van der Waals surface area contributed by atoms with Crippen LogP contribution < -0.4 is 4.74 Å². The van der Waals surface area contributed by atoms with E-state index in [0.717, 1.165) is 46.7 Å². The highest BCUT2D eigenvalue weighted by molar-refractivity contribution is 7.98. The van der Waals surface area contributed by atoms with Crippen LogP contribution in [0.15, 0.2) is 34.8 Å². The maximum absolute atomic E-state index is 5.21. The number of hydrogen-bond donors (Lipinski definition) is 0. The fourth-order valence-corrected chi connectivity index (χ4v) is 4.10. The predicted molar refractivity (Wildman–Crippen MR) is 98.7 cm³/mol. The quantitative estimate of drug-likeness (QED) is 0.589. The third-order valence-electron chi connectivity index (χ3n) is 3.63. The Morgan fingerprint density at radius 2 is 1.96 bits per heavy atom. The second-order valence-electron chi connectivity index (χ2n) is 5.15. The number of aromatic nitrogens is 4. The third-order valence-corrected chi connectivity index (χ3v) is 5.67. The van der Waals surface area contributed by atoms with E-state index in [4.69, 9.17) is 4.74 Å². The Labute approximate surface area is 150 Å². The van der Waals surface area contributed by atoms with Crippen molar-refractivity contribution < 1.29 is 4.74 Å². The lowest BCUT2D eigenvalue weighted by Gasteiger charge is -2.07. The summed E-state index contributed by atoms with van der Waals surface area (Å²) < 4.78 is 7.35. The molecular formula is C17H20N4OS2. The molecule has 2 heterocycles. The molecule has 0 amide bonds. The molecular weight excluding hydrogens is 340 g/mol. The first-order valence-corrected chi connectivity index (χ1v) is 9.75. The second-order valence-corrected chi connectivity index (χ2v) is 7.04. The van der Waals surface area contributed by atoms with Gasteiger partial charge in [-0.1, -0.05) is 18.7 Å². The van der Waals surface area contributed by atoms with Gasteiger partial charge in [0.25, 0.3) is 0 Å². The average molecular weight is 361 g/mol. The molecule has 3 rings (SSSR count). The zero-order valence-corrected chi connectivity index (χ0v) is 15.7. The molecule has 126 valence electrons. The lowest BCUT2D eigenvalue weighted by atomic mass is 10.2. The first-order chi connectivity index (χ1) is 11.7. The summed E-state index contributed by atoms with van der Waals surface area (Å²) in [5.74, 6) is 2.54. The van der Waals surface area contributed by atoms with Gasteiger partial charge in [-0.15, -0.1) is 21.5 Å². The Bertz CT molecular complexity index is 795. The van der Waals surface area contributed by atoms with Crippen LogP contribution in [-0.2, 0) is 18.7 Å². The number of methoxy groups -OCH3 is 1. The van der Waals surface area contributed by atoms with Crippen molar-refractivity contribution >= 4 is 23.1 Å². The molecule has 0 radical (unpaired) electrons. The lowest BCUT2D eigenvalue weighted by molar-refractivity contribution is 0.415. The van der Waals surface area contributed by atoms with Crippen LogP contribution in [0.1, 0.15) is 24.5 Å². The van der Waals surface area contributed by atoms with Gasteiger partial charge in [0, 0.05) is 23.2 Å². The van der Waals surface area contributed by atoms with E-state index in [9.17, 15) is 0 Å². The van der Waals surface area contributed by atoms with Crippen molar-refractivity contribution in [2.75, 3.05) is 7.11 Å². The number of benzene rings is 1. The number of thioether (sulfide) groups is 1. The van der Waals surface area contributed by atoms with Crippen molar-refractivity contribution in [2.24, 2.45) is 0 Å². The summed E-state index contributed by atoms with van der Waals surface area (Å²) in [6.07, 6.45) is 0.988. The predicted octanol–water partition coefficient (Wildman–Crippen LogP) is 4.28. The minimum atomic E-state index is 0.817. The Balaban J connectivity index is 1.78. The largest absolute Gasteiger partial charge is 0.497 e. The fraction of sp³-hybridized carbons (Fsp3) is 0.353. The van der Waals surface area contributed by atoms with E-state index in [1.54, 1.807) is 30.2 Å². The molecule has 3 aromatic rings. The summed E-state index contributed by atoms with van der Waals surface area (Å²) in [5.41, 5.74) is 2.15. The molecule has 0 atom stereocenters. The average Bonchev–Trinajstić information content (AvgIpc) is 3.26. The van der Waals surface area contributed by atoms with Crippen molar-refractivity contribution in [2.45, 2.75) is 37.7 Å². The van der Waals surface area contributed by atoms with E-state index in [2.05, 4.69) is 39.0 Å². The molecule has 5 nitrogen and oxygen atoms in total. The number of hydrogen-bond acceptors (Lipinski definition) is 6. The summed E-state index contributed by atoms with van der Waals surface area (Å²) in [5, 5.41) is 13.0. The maximum Gasteiger partial charge on any atom is 0.191 e. The van der Waals surface area contributed by atoms with E-state index >= 15 is 0 Å². The van der Waals surface area contributed by atoms with Crippen LogP contribution in [-0.4, -0.2) is 26.9 Å². The highest BCUT2D eigenvalue weighted by Crippen LogP contribution is 2.27. The molecule has 0 unspecified atom stereocenters. The standard InChI is InChI=1S/C17H20N4OS2/c1-4-15-18-13(10-23-15)11-24-17-20-19-16(21(17)5-2)12-6-8-14(22-3)9-7-12/h6-10H,4-5,11H2,1-3H3. The molecule has 1 aromatic carbocycles. The molecule has 0 aliphatic heterocycles. The molecule has 0 fully saturated rings. The van der Waals surface area contributed by atoms with Crippen LogP contribution in [0.5, 0.6) is 5.75 Å². The van der Waals surface area contributed by atoms with Crippen LogP contribution >= 0.6 is 23.1 Å². The van der Waals surface area contributed by atoms with Gasteiger partial charge in [0.1, 0.15) is 5.75 Å². The molecule has 0 N–H and O–H groups in total. The van der Waals surface area contributed by atoms with Gasteiger partial charge in [0.2, 0.25) is 0 Å². The number of thiazole rings is 1. The van der Waals surface area contributed by atoms with E-state index in [1.165, 1.54) is 5.01 Å². The highest BCUT2D eigenvalue weighted by atomic mass is 32.2. The molecule has 7 heteroatoms. The zero-order chi connectivity index (χ0) is 16.9. The van der Waals surface area contributed by atoms with Crippen molar-refractivity contribution in [3.63, 3.8) is 0 Å². The van der Waals surface area contributed by atoms with Crippen LogP contribution in [0.4, 0.5) is 0 Å². The van der Waals surface area contributed by atoms with Gasteiger partial charge in [0.05, 0.1) is 17.8 Å². The summed E-state index contributed by atoms with van der Waals surface area (Å²) in [4.78, 5) is 4.61. The normalized spacial score (nSPS) is 11.0. The Hall–Kier alpha value is -1.86. The Morgan fingerprint density at radius 1 is 1.17 bits per heavy atom. The lowest BCUT2D eigenvalue weighted by Crippen LogP contribution is -2.00. The first kappa shape index (κ1) is 17.0. The molecule has 0 aliphatic rings. The minimum Gasteiger partial charge on any atom is -0.497 e. The monoisotopic (exact) mass is 360 g/mol. The van der Waals surface area contributed by atoms with Gasteiger partial charge in [-0.2, -0.15) is 0 Å². The van der Waals surface area contributed by atoms with Crippen molar-refractivity contribution in [1.29, 1.82) is 0 Å². The van der Waals surface area contributed by atoms with Crippen LogP contribution in [0.25, 0.3) is 11.4 Å². The Kier molecular flexibility index (Phi) is 5.52. The van der Waals surface area contributed by atoms with Gasteiger partial charge < -0.3 is 9.30 Å². The number of nitrogens with zero attached hydrogens (tertiary/aromatic N) is 4. The summed E-state index contributed by atoms with van der Waals surface area (Å²) in [7, 11) is 1.67. The topological polar surface area (TPSA) is 52.8 Å². The number of rotatable bonds is 7. The van der Waals surface area contributed by atoms with Crippen molar-refractivity contribution in [3.05, 3.63) is 40.3 Å². The first-order valence-electron chi connectivity index (χ1n) is 7.88. The van der Waals surface area contributed by atoms with Gasteiger partial charge in [0.15, 0.2) is 11.0 Å². The van der Waals surface area contributed by atoms with Crippen LogP contribution in [0.2, 0.25) is 0 Å². The Morgan fingerprint density at radius 3 is 2.58 bits per heavy atom. The van der Waals surface area contributed by atoms with Crippen molar-refractivity contribution in [1.82, 2.24) is 19.7 Å². The maximum atomic E-state index is 5.21. The second kappa shape index (κ2) is 7.81. The summed E-state index contributed by atoms with van der Waals surface area (Å²) in [6.45, 7) is 5.07. The molecule has 2 aromatic heterocycles. The number of ether oxygens (including phenoxy) is 1. The fourth-order valence-electron chi connectivity index (χ4n) is 2.35. The minimum absolute atomic E-state index is 0.817. The SMILES string of the molecule is CCc1nc(CSc2nnc(-c3ccc(OC)cc3)n2CC)cs1. The summed E-state index contributed by atoms with van der Waals surface area (Å²) in [6, 6.07) is 7.91. The molecule has 0 saturated heterocycles. The van der Waals surface area contributed by atoms with Gasteiger partial charge in [-0.3, -0.25) is 0 Å². The third kappa shape index (κ3) is 3.62. The number of aryl methyl sites for hydroxylation is 1. The molecule has 0 saturated carbocycles. The molecule has 0 aliphatic carbocycles. The van der Waals surface area contributed by atoms with Gasteiger partial charge >= 0.3 is 0 Å². The van der Waals surface area contributed by atoms with Crippen LogP contribution in [0, 0.1) is 0 Å². The highest BCUT2D eigenvalue weighted by Gasteiger charge is 2.14.